The molecule has 2 nitrogen and oxygen atoms in total. The zero-order chi connectivity index (χ0) is 9.68. The molecule has 0 heterocycles. The fourth-order valence-electron chi connectivity index (χ4n) is 1.46. The minimum Gasteiger partial charge on any atom is -0.371 e. The van der Waals surface area contributed by atoms with Gasteiger partial charge in [-0.2, -0.15) is 0 Å². The van der Waals surface area contributed by atoms with Gasteiger partial charge < -0.3 is 9.84 Å². The Morgan fingerprint density at radius 3 is 2.69 bits per heavy atom. The molecule has 0 aromatic heterocycles. The molecule has 0 saturated heterocycles. The first-order valence-electron chi connectivity index (χ1n) is 4.50. The molecule has 1 unspecified atom stereocenters. The van der Waals surface area contributed by atoms with Crippen molar-refractivity contribution in [2.24, 2.45) is 0 Å². The quantitative estimate of drug-likeness (QED) is 0.719. The highest BCUT2D eigenvalue weighted by Crippen LogP contribution is 2.18. The molecular formula is C11H16O2. The van der Waals surface area contributed by atoms with Gasteiger partial charge in [0.2, 0.25) is 0 Å². The highest BCUT2D eigenvalue weighted by atomic mass is 16.6. The number of ether oxygens (including phenoxy) is 1. The lowest BCUT2D eigenvalue weighted by atomic mass is 9.97. The number of aryl methyl sites for hydroxylation is 1. The Bertz CT molecular complexity index is 258. The van der Waals surface area contributed by atoms with Crippen molar-refractivity contribution in [3.05, 3.63) is 35.4 Å². The number of aliphatic hydroxyl groups is 1. The van der Waals surface area contributed by atoms with Crippen molar-refractivity contribution in [2.45, 2.75) is 19.8 Å². The van der Waals surface area contributed by atoms with E-state index < -0.39 is 0 Å². The summed E-state index contributed by atoms with van der Waals surface area (Å²) in [7, 11) is 0. The first kappa shape index (κ1) is 10.2. The van der Waals surface area contributed by atoms with Gasteiger partial charge >= 0.3 is 0 Å². The molecule has 1 rings (SSSR count). The maximum absolute atomic E-state index is 8.51. The Morgan fingerprint density at radius 1 is 1.38 bits per heavy atom. The van der Waals surface area contributed by atoms with Gasteiger partial charge in [0.15, 0.2) is 0 Å². The lowest BCUT2D eigenvalue weighted by Crippen LogP contribution is -2.06. The summed E-state index contributed by atoms with van der Waals surface area (Å²) in [5.74, 6) is 0.341. The normalized spacial score (nSPS) is 12.8. The van der Waals surface area contributed by atoms with Crippen LogP contribution in [0, 0.1) is 6.92 Å². The Labute approximate surface area is 79.2 Å². The first-order valence-corrected chi connectivity index (χ1v) is 4.50. The number of hydrogen-bond acceptors (Lipinski definition) is 2. The number of rotatable bonds is 4. The summed E-state index contributed by atoms with van der Waals surface area (Å²) in [5, 5.41) is 8.51. The van der Waals surface area contributed by atoms with Gasteiger partial charge in [0.1, 0.15) is 6.79 Å². The van der Waals surface area contributed by atoms with E-state index in [9.17, 15) is 0 Å². The van der Waals surface area contributed by atoms with Crippen molar-refractivity contribution < 1.29 is 9.84 Å². The second-order valence-corrected chi connectivity index (χ2v) is 3.26. The van der Waals surface area contributed by atoms with E-state index in [2.05, 4.69) is 26.0 Å². The average molecular weight is 180 g/mol. The van der Waals surface area contributed by atoms with Gasteiger partial charge in [-0.25, -0.2) is 0 Å². The van der Waals surface area contributed by atoms with Crippen molar-refractivity contribution in [3.63, 3.8) is 0 Å². The third kappa shape index (κ3) is 2.83. The molecule has 0 bridgehead atoms. The average Bonchev–Trinajstić information content (AvgIpc) is 2.15. The molecule has 1 N–H and O–H groups in total. The minimum atomic E-state index is -0.198. The zero-order valence-electron chi connectivity index (χ0n) is 8.16. The van der Waals surface area contributed by atoms with E-state index >= 15 is 0 Å². The number of aliphatic hydroxyl groups excluding tert-OH is 1. The largest absolute Gasteiger partial charge is 0.371 e. The van der Waals surface area contributed by atoms with Gasteiger partial charge in [-0.3, -0.25) is 0 Å². The van der Waals surface area contributed by atoms with Crippen LogP contribution in [0.4, 0.5) is 0 Å². The number of benzene rings is 1. The van der Waals surface area contributed by atoms with Crippen LogP contribution in [0.3, 0.4) is 0 Å². The monoisotopic (exact) mass is 180 g/mol. The van der Waals surface area contributed by atoms with E-state index in [1.165, 1.54) is 11.1 Å². The van der Waals surface area contributed by atoms with Crippen molar-refractivity contribution >= 4 is 0 Å². The van der Waals surface area contributed by atoms with Crippen LogP contribution in [0.1, 0.15) is 24.0 Å². The lowest BCUT2D eigenvalue weighted by Gasteiger charge is -2.13. The Kier molecular flexibility index (Phi) is 3.93. The van der Waals surface area contributed by atoms with Crippen LogP contribution in [0.25, 0.3) is 0 Å². The van der Waals surface area contributed by atoms with Gasteiger partial charge in [0.05, 0.1) is 6.61 Å². The molecule has 0 fully saturated rings. The van der Waals surface area contributed by atoms with Crippen LogP contribution >= 0.6 is 0 Å². The number of hydrogen-bond donors (Lipinski definition) is 1. The fourth-order valence-corrected chi connectivity index (χ4v) is 1.46. The van der Waals surface area contributed by atoms with Crippen molar-refractivity contribution in [2.75, 3.05) is 13.4 Å². The van der Waals surface area contributed by atoms with Crippen molar-refractivity contribution in [1.82, 2.24) is 0 Å². The maximum atomic E-state index is 8.51. The molecule has 0 saturated carbocycles. The summed E-state index contributed by atoms with van der Waals surface area (Å²) in [5.41, 5.74) is 2.56. The van der Waals surface area contributed by atoms with E-state index in [1.807, 2.05) is 12.1 Å². The van der Waals surface area contributed by atoms with Gasteiger partial charge in [0, 0.05) is 5.92 Å². The molecule has 1 atom stereocenters. The van der Waals surface area contributed by atoms with E-state index in [-0.39, 0.29) is 6.79 Å². The van der Waals surface area contributed by atoms with Gasteiger partial charge in [-0.15, -0.1) is 0 Å². The molecule has 1 aromatic rings. The standard InChI is InChI=1S/C11H16O2/c1-9-5-3-4-6-11(9)10(2)7-13-8-12/h3-6,10,12H,7-8H2,1-2H3. The summed E-state index contributed by atoms with van der Waals surface area (Å²) in [6.07, 6.45) is 0. The Morgan fingerprint density at radius 2 is 2.08 bits per heavy atom. The van der Waals surface area contributed by atoms with Crippen molar-refractivity contribution in [1.29, 1.82) is 0 Å². The van der Waals surface area contributed by atoms with Crippen LogP contribution in [0.5, 0.6) is 0 Å². The van der Waals surface area contributed by atoms with Crippen molar-refractivity contribution in [3.8, 4) is 0 Å². The molecule has 13 heavy (non-hydrogen) atoms. The molecule has 1 aromatic carbocycles. The minimum absolute atomic E-state index is 0.198. The van der Waals surface area contributed by atoms with E-state index in [1.54, 1.807) is 0 Å². The van der Waals surface area contributed by atoms with Gasteiger partial charge in [-0.05, 0) is 18.1 Å². The molecule has 0 aliphatic heterocycles. The van der Waals surface area contributed by atoms with E-state index in [0.29, 0.717) is 12.5 Å². The van der Waals surface area contributed by atoms with Crippen LogP contribution in [-0.4, -0.2) is 18.5 Å². The highest BCUT2D eigenvalue weighted by molar-refractivity contribution is 5.28. The fraction of sp³-hybridized carbons (Fsp3) is 0.455. The van der Waals surface area contributed by atoms with E-state index in [0.717, 1.165) is 0 Å². The summed E-state index contributed by atoms with van der Waals surface area (Å²) in [4.78, 5) is 0. The molecule has 0 amide bonds. The maximum Gasteiger partial charge on any atom is 0.143 e. The Hall–Kier alpha value is -0.860. The zero-order valence-corrected chi connectivity index (χ0v) is 8.16. The Balaban J connectivity index is 2.65. The van der Waals surface area contributed by atoms with Crippen LogP contribution in [0.2, 0.25) is 0 Å². The predicted octanol–water partition coefficient (Wildman–Crippen LogP) is 2.06. The smallest absolute Gasteiger partial charge is 0.143 e. The van der Waals surface area contributed by atoms with Crippen LogP contribution < -0.4 is 0 Å². The summed E-state index contributed by atoms with van der Waals surface area (Å²) in [6, 6.07) is 8.24. The van der Waals surface area contributed by atoms with Crippen LogP contribution in [0.15, 0.2) is 24.3 Å². The van der Waals surface area contributed by atoms with Gasteiger partial charge in [0.25, 0.3) is 0 Å². The highest BCUT2D eigenvalue weighted by Gasteiger charge is 2.06. The molecule has 0 spiro atoms. The lowest BCUT2D eigenvalue weighted by molar-refractivity contribution is -0.00631. The van der Waals surface area contributed by atoms with E-state index in [4.69, 9.17) is 9.84 Å². The molecule has 72 valence electrons. The summed E-state index contributed by atoms with van der Waals surface area (Å²) < 4.78 is 4.96. The third-order valence-corrected chi connectivity index (χ3v) is 2.18. The molecular weight excluding hydrogens is 164 g/mol. The molecule has 0 aliphatic rings. The molecule has 2 heteroatoms. The summed E-state index contributed by atoms with van der Waals surface area (Å²) >= 11 is 0. The third-order valence-electron chi connectivity index (χ3n) is 2.18. The SMILES string of the molecule is Cc1ccccc1C(C)COCO. The molecule has 0 radical (unpaired) electrons. The first-order chi connectivity index (χ1) is 6.25. The van der Waals surface area contributed by atoms with Crippen LogP contribution in [-0.2, 0) is 4.74 Å². The van der Waals surface area contributed by atoms with Gasteiger partial charge in [-0.1, -0.05) is 31.2 Å². The predicted molar refractivity (Wildman–Crippen MR) is 52.6 cm³/mol. The second kappa shape index (κ2) is 5.00. The second-order valence-electron chi connectivity index (χ2n) is 3.26. The summed E-state index contributed by atoms with van der Waals surface area (Å²) in [6.45, 7) is 4.56. The molecule has 0 aliphatic carbocycles. The topological polar surface area (TPSA) is 29.5 Å².